The van der Waals surface area contributed by atoms with Gasteiger partial charge in [-0.25, -0.2) is 13.8 Å². The summed E-state index contributed by atoms with van der Waals surface area (Å²) in [4.78, 5) is 22.4. The van der Waals surface area contributed by atoms with Crippen molar-refractivity contribution in [3.8, 4) is 5.69 Å². The summed E-state index contributed by atoms with van der Waals surface area (Å²) in [5.41, 5.74) is 0.438. The van der Waals surface area contributed by atoms with Gasteiger partial charge in [0.1, 0.15) is 17.1 Å². The third kappa shape index (κ3) is 3.91. The second kappa shape index (κ2) is 7.90. The zero-order chi connectivity index (χ0) is 20.4. The zero-order valence-electron chi connectivity index (χ0n) is 15.6. The van der Waals surface area contributed by atoms with Gasteiger partial charge in [-0.3, -0.25) is 9.78 Å². The van der Waals surface area contributed by atoms with Crippen molar-refractivity contribution in [2.45, 2.75) is 38.3 Å². The van der Waals surface area contributed by atoms with E-state index in [0.717, 1.165) is 29.4 Å². The summed E-state index contributed by atoms with van der Waals surface area (Å²) >= 11 is 0. The van der Waals surface area contributed by atoms with Gasteiger partial charge in [0.2, 0.25) is 0 Å². The van der Waals surface area contributed by atoms with Crippen molar-refractivity contribution in [2.75, 3.05) is 5.32 Å². The highest BCUT2D eigenvalue weighted by atomic mass is 19.2. The van der Waals surface area contributed by atoms with Gasteiger partial charge in [-0.1, -0.05) is 0 Å². The molecule has 0 saturated heterocycles. The largest absolute Gasteiger partial charge is 0.364 e. The molecule has 150 valence electrons. The molecule has 8 nitrogen and oxygen atoms in total. The van der Waals surface area contributed by atoms with Crippen LogP contribution in [0.4, 0.5) is 14.6 Å². The number of aromatic nitrogens is 5. The van der Waals surface area contributed by atoms with E-state index >= 15 is 0 Å². The highest BCUT2D eigenvalue weighted by Crippen LogP contribution is 2.25. The first-order chi connectivity index (χ1) is 14.0. The summed E-state index contributed by atoms with van der Waals surface area (Å²) < 4.78 is 28.4. The molecule has 29 heavy (non-hydrogen) atoms. The molecule has 1 aliphatic carbocycles. The van der Waals surface area contributed by atoms with E-state index in [1.807, 2.05) is 6.92 Å². The molecule has 2 atom stereocenters. The first kappa shape index (κ1) is 18.9. The molecule has 0 aliphatic heterocycles. The number of anilines is 1. The average Bonchev–Trinajstić information content (AvgIpc) is 3.38. The maximum atomic E-state index is 14.5. The third-order valence-corrected chi connectivity index (χ3v) is 4.88. The average molecular weight is 399 g/mol. The molecule has 4 rings (SSSR count). The van der Waals surface area contributed by atoms with Crippen LogP contribution in [0.25, 0.3) is 5.69 Å². The van der Waals surface area contributed by atoms with E-state index in [4.69, 9.17) is 0 Å². The minimum Gasteiger partial charge on any atom is -0.364 e. The SMILES string of the molecule is Cc1cnc(N[C@H]2CCC[C@@H]2NC(=O)c2c(-n3nccn3)ccc(F)c2F)cn1. The molecule has 1 saturated carbocycles. The Hall–Kier alpha value is -3.43. The Kier molecular flexibility index (Phi) is 5.15. The highest BCUT2D eigenvalue weighted by Gasteiger charge is 2.31. The van der Waals surface area contributed by atoms with E-state index in [1.165, 1.54) is 18.5 Å². The van der Waals surface area contributed by atoms with Gasteiger partial charge in [0.15, 0.2) is 11.6 Å². The fraction of sp³-hybridized carbons (Fsp3) is 0.316. The van der Waals surface area contributed by atoms with Crippen molar-refractivity contribution < 1.29 is 13.6 Å². The molecule has 2 heterocycles. The van der Waals surface area contributed by atoms with Crippen molar-refractivity contribution in [2.24, 2.45) is 0 Å². The molecular formula is C19H19F2N7O. The van der Waals surface area contributed by atoms with Crippen LogP contribution in [-0.4, -0.2) is 43.0 Å². The fourth-order valence-electron chi connectivity index (χ4n) is 3.47. The zero-order valence-corrected chi connectivity index (χ0v) is 15.6. The first-order valence-electron chi connectivity index (χ1n) is 9.23. The molecule has 3 aromatic rings. The molecule has 1 aliphatic rings. The fourth-order valence-corrected chi connectivity index (χ4v) is 3.47. The molecule has 1 amide bonds. The first-order valence-corrected chi connectivity index (χ1v) is 9.23. The molecule has 0 bridgehead atoms. The van der Waals surface area contributed by atoms with Gasteiger partial charge in [0.25, 0.3) is 5.91 Å². The number of hydrogen-bond donors (Lipinski definition) is 2. The van der Waals surface area contributed by atoms with Gasteiger partial charge in [-0.05, 0) is 38.3 Å². The maximum Gasteiger partial charge on any atom is 0.256 e. The summed E-state index contributed by atoms with van der Waals surface area (Å²) in [6.07, 6.45) is 8.44. The summed E-state index contributed by atoms with van der Waals surface area (Å²) in [5.74, 6) is -2.46. The van der Waals surface area contributed by atoms with Crippen molar-refractivity contribution in [3.63, 3.8) is 0 Å². The quantitative estimate of drug-likeness (QED) is 0.684. The van der Waals surface area contributed by atoms with Crippen LogP contribution in [0, 0.1) is 18.6 Å². The minimum atomic E-state index is -1.23. The Bertz CT molecular complexity index is 1010. The third-order valence-electron chi connectivity index (χ3n) is 4.88. The lowest BCUT2D eigenvalue weighted by atomic mass is 10.1. The number of carbonyl (C=O) groups is 1. The number of nitrogens with zero attached hydrogens (tertiary/aromatic N) is 5. The molecule has 2 N–H and O–H groups in total. The van der Waals surface area contributed by atoms with Crippen LogP contribution in [0.15, 0.2) is 36.9 Å². The molecule has 1 fully saturated rings. The van der Waals surface area contributed by atoms with E-state index < -0.39 is 23.1 Å². The van der Waals surface area contributed by atoms with Crippen molar-refractivity contribution in [1.82, 2.24) is 30.3 Å². The van der Waals surface area contributed by atoms with E-state index in [0.29, 0.717) is 12.2 Å². The Morgan fingerprint density at radius 2 is 1.86 bits per heavy atom. The summed E-state index contributed by atoms with van der Waals surface area (Å²) in [6.45, 7) is 1.84. The normalized spacial score (nSPS) is 18.6. The lowest BCUT2D eigenvalue weighted by Crippen LogP contribution is -2.44. The molecule has 1 aromatic carbocycles. The predicted octanol–water partition coefficient (Wildman–Crippen LogP) is 2.41. The Balaban J connectivity index is 1.56. The number of hydrogen-bond acceptors (Lipinski definition) is 6. The van der Waals surface area contributed by atoms with Crippen LogP contribution in [-0.2, 0) is 0 Å². The molecule has 2 aromatic heterocycles. The number of amides is 1. The summed E-state index contributed by atoms with van der Waals surface area (Å²) in [5, 5.41) is 13.9. The van der Waals surface area contributed by atoms with E-state index in [1.54, 1.807) is 12.4 Å². The van der Waals surface area contributed by atoms with Crippen LogP contribution >= 0.6 is 0 Å². The molecular weight excluding hydrogens is 380 g/mol. The van der Waals surface area contributed by atoms with E-state index in [-0.39, 0.29) is 17.8 Å². The highest BCUT2D eigenvalue weighted by molar-refractivity contribution is 5.98. The van der Waals surface area contributed by atoms with Crippen LogP contribution < -0.4 is 10.6 Å². The summed E-state index contributed by atoms with van der Waals surface area (Å²) in [7, 11) is 0. The van der Waals surface area contributed by atoms with Crippen LogP contribution in [0.5, 0.6) is 0 Å². The van der Waals surface area contributed by atoms with Gasteiger partial charge in [0, 0.05) is 12.1 Å². The number of benzene rings is 1. The van der Waals surface area contributed by atoms with Gasteiger partial charge in [0.05, 0.1) is 30.5 Å². The van der Waals surface area contributed by atoms with Gasteiger partial charge in [-0.2, -0.15) is 15.0 Å². The number of aryl methyl sites for hydroxylation is 1. The van der Waals surface area contributed by atoms with Gasteiger partial charge < -0.3 is 10.6 Å². The summed E-state index contributed by atoms with van der Waals surface area (Å²) in [6, 6.07) is 1.85. The van der Waals surface area contributed by atoms with Crippen LogP contribution in [0.1, 0.15) is 35.3 Å². The number of carbonyl (C=O) groups excluding carboxylic acids is 1. The van der Waals surface area contributed by atoms with Crippen LogP contribution in [0.3, 0.4) is 0 Å². The maximum absolute atomic E-state index is 14.5. The van der Waals surface area contributed by atoms with Gasteiger partial charge >= 0.3 is 0 Å². The molecule has 0 spiro atoms. The molecule has 10 heteroatoms. The topological polar surface area (TPSA) is 97.6 Å². The van der Waals surface area contributed by atoms with E-state index in [9.17, 15) is 13.6 Å². The second-order valence-corrected chi connectivity index (χ2v) is 6.88. The molecule has 0 unspecified atom stereocenters. The Morgan fingerprint density at radius 3 is 2.59 bits per heavy atom. The second-order valence-electron chi connectivity index (χ2n) is 6.88. The number of nitrogens with one attached hydrogen (secondary N) is 2. The molecule has 0 radical (unpaired) electrons. The van der Waals surface area contributed by atoms with E-state index in [2.05, 4.69) is 30.8 Å². The van der Waals surface area contributed by atoms with Gasteiger partial charge in [-0.15, -0.1) is 0 Å². The predicted molar refractivity (Wildman–Crippen MR) is 101 cm³/mol. The minimum absolute atomic E-state index is 0.0679. The van der Waals surface area contributed by atoms with Crippen molar-refractivity contribution >= 4 is 11.7 Å². The number of halogens is 2. The monoisotopic (exact) mass is 399 g/mol. The Morgan fingerprint density at radius 1 is 1.10 bits per heavy atom. The standard InChI is InChI=1S/C19H19F2N7O/c1-11-9-23-16(10-22-11)26-13-3-2-4-14(13)27-19(29)17-15(28-24-7-8-25-28)6-5-12(20)18(17)21/h5-10,13-14H,2-4H2,1H3,(H,23,26)(H,27,29)/t13-,14-/m0/s1. The van der Waals surface area contributed by atoms with Crippen molar-refractivity contribution in [3.05, 3.63) is 59.8 Å². The lowest BCUT2D eigenvalue weighted by Gasteiger charge is -2.23. The smallest absolute Gasteiger partial charge is 0.256 e. The Labute approximate surface area is 165 Å². The number of rotatable bonds is 5. The van der Waals surface area contributed by atoms with Crippen LogP contribution in [0.2, 0.25) is 0 Å². The lowest BCUT2D eigenvalue weighted by molar-refractivity contribution is 0.0930. The van der Waals surface area contributed by atoms with Crippen molar-refractivity contribution in [1.29, 1.82) is 0 Å².